The highest BCUT2D eigenvalue weighted by atomic mass is 35.5. The molecule has 0 unspecified atom stereocenters. The summed E-state index contributed by atoms with van der Waals surface area (Å²) in [6.45, 7) is 2.80. The Bertz CT molecular complexity index is 571. The normalized spacial score (nSPS) is 10.6. The summed E-state index contributed by atoms with van der Waals surface area (Å²) in [4.78, 5) is 19.2. The molecule has 8 heteroatoms. The first-order chi connectivity index (χ1) is 9.20. The Morgan fingerprint density at radius 2 is 2.42 bits per heavy atom. The third kappa shape index (κ3) is 3.54. The molecule has 0 bridgehead atoms. The van der Waals surface area contributed by atoms with Gasteiger partial charge >= 0.3 is 5.97 Å². The van der Waals surface area contributed by atoms with Crippen molar-refractivity contribution in [2.24, 2.45) is 0 Å². The molecule has 0 aliphatic carbocycles. The van der Waals surface area contributed by atoms with E-state index in [2.05, 4.69) is 20.4 Å². The number of nitrogens with one attached hydrogen (secondary N) is 1. The molecule has 0 aliphatic rings. The second kappa shape index (κ2) is 6.33. The third-order valence-electron chi connectivity index (χ3n) is 2.39. The lowest BCUT2D eigenvalue weighted by atomic mass is 10.3. The van der Waals surface area contributed by atoms with E-state index in [1.807, 2.05) is 0 Å². The minimum Gasteiger partial charge on any atom is -0.466 e. The molecule has 2 aromatic heterocycles. The van der Waals surface area contributed by atoms with Crippen molar-refractivity contribution >= 4 is 29.2 Å². The number of aromatic nitrogens is 4. The van der Waals surface area contributed by atoms with Crippen molar-refractivity contribution in [1.82, 2.24) is 19.6 Å². The number of anilines is 1. The van der Waals surface area contributed by atoms with Gasteiger partial charge in [-0.1, -0.05) is 11.6 Å². The highest BCUT2D eigenvalue weighted by Crippen LogP contribution is 2.14. The van der Waals surface area contributed by atoms with Gasteiger partial charge in [0.15, 0.2) is 0 Å². The van der Waals surface area contributed by atoms with Gasteiger partial charge < -0.3 is 10.1 Å². The smallest absolute Gasteiger partial charge is 0.305 e. The second-order valence-corrected chi connectivity index (χ2v) is 4.16. The number of hydrogen-bond donors (Lipinski definition) is 1. The maximum Gasteiger partial charge on any atom is 0.305 e. The van der Waals surface area contributed by atoms with Gasteiger partial charge in [-0.05, 0) is 13.3 Å². The van der Waals surface area contributed by atoms with E-state index in [4.69, 9.17) is 16.3 Å². The van der Waals surface area contributed by atoms with Gasteiger partial charge in [0, 0.05) is 19.0 Å². The van der Waals surface area contributed by atoms with Gasteiger partial charge in [0.25, 0.3) is 5.78 Å². The highest BCUT2D eigenvalue weighted by molar-refractivity contribution is 6.29. The molecule has 2 aromatic rings. The molecule has 0 spiro atoms. The van der Waals surface area contributed by atoms with Gasteiger partial charge in [0.2, 0.25) is 0 Å². The zero-order chi connectivity index (χ0) is 13.7. The summed E-state index contributed by atoms with van der Waals surface area (Å²) >= 11 is 5.88. The Balaban J connectivity index is 1.91. The lowest BCUT2D eigenvalue weighted by Gasteiger charge is -2.07. The Morgan fingerprint density at radius 3 is 3.21 bits per heavy atom. The maximum atomic E-state index is 11.2. The number of carbonyl (C=O) groups is 1. The summed E-state index contributed by atoms with van der Waals surface area (Å²) in [6, 6.07) is 1.66. The molecule has 0 aliphatic heterocycles. The van der Waals surface area contributed by atoms with Crippen molar-refractivity contribution in [2.45, 2.75) is 19.8 Å². The van der Waals surface area contributed by atoms with Crippen molar-refractivity contribution < 1.29 is 9.53 Å². The molecular weight excluding hydrogens is 270 g/mol. The average Bonchev–Trinajstić information content (AvgIpc) is 2.82. The fraction of sp³-hybridized carbons (Fsp3) is 0.455. The predicted octanol–water partition coefficient (Wildman–Crippen LogP) is 1.53. The number of fused-ring (bicyclic) bond motifs is 1. The van der Waals surface area contributed by atoms with Crippen molar-refractivity contribution in [1.29, 1.82) is 0 Å². The van der Waals surface area contributed by atoms with E-state index in [0.29, 0.717) is 42.7 Å². The Morgan fingerprint density at radius 1 is 1.58 bits per heavy atom. The summed E-state index contributed by atoms with van der Waals surface area (Å²) in [5, 5.41) is 7.51. The summed E-state index contributed by atoms with van der Waals surface area (Å²) in [7, 11) is 0. The number of nitrogens with zero attached hydrogens (tertiary/aromatic N) is 4. The number of esters is 1. The third-order valence-corrected chi connectivity index (χ3v) is 2.58. The lowest BCUT2D eigenvalue weighted by molar-refractivity contribution is -0.143. The van der Waals surface area contributed by atoms with E-state index in [0.717, 1.165) is 0 Å². The van der Waals surface area contributed by atoms with Gasteiger partial charge in [0.1, 0.15) is 17.3 Å². The van der Waals surface area contributed by atoms with Crippen LogP contribution in [0.4, 0.5) is 5.82 Å². The quantitative estimate of drug-likeness (QED) is 0.492. The van der Waals surface area contributed by atoms with Crippen LogP contribution in [0.25, 0.3) is 5.78 Å². The fourth-order valence-corrected chi connectivity index (χ4v) is 1.77. The van der Waals surface area contributed by atoms with Crippen LogP contribution in [-0.2, 0) is 9.53 Å². The first-order valence-corrected chi connectivity index (χ1v) is 6.34. The second-order valence-electron chi connectivity index (χ2n) is 3.77. The van der Waals surface area contributed by atoms with Crippen LogP contribution in [0.3, 0.4) is 0 Å². The summed E-state index contributed by atoms with van der Waals surface area (Å²) in [6.07, 6.45) is 2.44. The minimum atomic E-state index is -0.192. The molecule has 19 heavy (non-hydrogen) atoms. The van der Waals surface area contributed by atoms with Gasteiger partial charge in [0.05, 0.1) is 6.61 Å². The van der Waals surface area contributed by atoms with Crippen LogP contribution >= 0.6 is 11.6 Å². The van der Waals surface area contributed by atoms with E-state index in [-0.39, 0.29) is 5.97 Å². The van der Waals surface area contributed by atoms with Gasteiger partial charge in [-0.25, -0.2) is 0 Å². The fourth-order valence-electron chi connectivity index (χ4n) is 1.59. The Hall–Kier alpha value is -1.89. The van der Waals surface area contributed by atoms with Crippen LogP contribution in [-0.4, -0.2) is 38.7 Å². The number of hydrogen-bond acceptors (Lipinski definition) is 6. The molecule has 102 valence electrons. The zero-order valence-electron chi connectivity index (χ0n) is 10.5. The van der Waals surface area contributed by atoms with Crippen molar-refractivity contribution in [3.63, 3.8) is 0 Å². The monoisotopic (exact) mass is 283 g/mol. The molecule has 0 amide bonds. The maximum absolute atomic E-state index is 11.2. The molecule has 0 aromatic carbocycles. The molecule has 7 nitrogen and oxygen atoms in total. The molecule has 0 saturated carbocycles. The molecule has 0 fully saturated rings. The summed E-state index contributed by atoms with van der Waals surface area (Å²) in [5.41, 5.74) is 0. The molecule has 1 N–H and O–H groups in total. The van der Waals surface area contributed by atoms with Gasteiger partial charge in [-0.15, -0.1) is 0 Å². The van der Waals surface area contributed by atoms with E-state index in [9.17, 15) is 4.79 Å². The standard InChI is InChI=1S/C11H14ClN5O2/c1-2-19-10(18)4-3-5-13-9-6-8(12)16-11-14-7-15-17(9)11/h6-7,13H,2-5H2,1H3. The van der Waals surface area contributed by atoms with E-state index in [1.165, 1.54) is 6.33 Å². The minimum absolute atomic E-state index is 0.192. The van der Waals surface area contributed by atoms with Crippen LogP contribution < -0.4 is 5.32 Å². The first-order valence-electron chi connectivity index (χ1n) is 5.96. The van der Waals surface area contributed by atoms with E-state index < -0.39 is 0 Å². The van der Waals surface area contributed by atoms with Crippen molar-refractivity contribution in [2.75, 3.05) is 18.5 Å². The van der Waals surface area contributed by atoms with E-state index >= 15 is 0 Å². The first kappa shape index (κ1) is 13.5. The van der Waals surface area contributed by atoms with Crippen LogP contribution in [0, 0.1) is 0 Å². The van der Waals surface area contributed by atoms with Crippen LogP contribution in [0.5, 0.6) is 0 Å². The molecular formula is C11H14ClN5O2. The predicted molar refractivity (Wildman–Crippen MR) is 70.1 cm³/mol. The summed E-state index contributed by atoms with van der Waals surface area (Å²) in [5.74, 6) is 0.930. The zero-order valence-corrected chi connectivity index (χ0v) is 11.2. The Labute approximate surface area is 114 Å². The van der Waals surface area contributed by atoms with Crippen molar-refractivity contribution in [3.05, 3.63) is 17.5 Å². The molecule has 0 radical (unpaired) electrons. The van der Waals surface area contributed by atoms with Crippen LogP contribution in [0.15, 0.2) is 12.4 Å². The molecule has 2 heterocycles. The molecule has 0 atom stereocenters. The molecule has 2 rings (SSSR count). The SMILES string of the molecule is CCOC(=O)CCCNc1cc(Cl)nc2ncnn12. The molecule has 0 saturated heterocycles. The number of rotatable bonds is 6. The van der Waals surface area contributed by atoms with Crippen LogP contribution in [0.1, 0.15) is 19.8 Å². The summed E-state index contributed by atoms with van der Waals surface area (Å²) < 4.78 is 6.40. The number of halogens is 1. The topological polar surface area (TPSA) is 81.4 Å². The van der Waals surface area contributed by atoms with E-state index in [1.54, 1.807) is 17.5 Å². The lowest BCUT2D eigenvalue weighted by Crippen LogP contribution is -2.10. The number of ether oxygens (including phenoxy) is 1. The largest absolute Gasteiger partial charge is 0.466 e. The highest BCUT2D eigenvalue weighted by Gasteiger charge is 2.06. The average molecular weight is 284 g/mol. The van der Waals surface area contributed by atoms with Gasteiger partial charge in [-0.2, -0.15) is 19.6 Å². The number of carbonyl (C=O) groups excluding carboxylic acids is 1. The van der Waals surface area contributed by atoms with Crippen LogP contribution in [0.2, 0.25) is 5.15 Å². The van der Waals surface area contributed by atoms with Gasteiger partial charge in [-0.3, -0.25) is 4.79 Å². The Kier molecular flexibility index (Phi) is 4.51. The van der Waals surface area contributed by atoms with Crippen molar-refractivity contribution in [3.8, 4) is 0 Å².